The van der Waals surface area contributed by atoms with Gasteiger partial charge in [0, 0.05) is 25.2 Å². The SMILES string of the molecule is Cn1[nH]cc(CC[C@H]([NH3+])C(=O)O)c1=O.[Cl-]. The van der Waals surface area contributed by atoms with Gasteiger partial charge in [-0.15, -0.1) is 0 Å². The Morgan fingerprint density at radius 2 is 2.33 bits per heavy atom. The lowest BCUT2D eigenvalue weighted by Gasteiger charge is -1.99. The Balaban J connectivity index is 0.00000196. The monoisotopic (exact) mass is 235 g/mol. The smallest absolute Gasteiger partial charge is 0.362 e. The summed E-state index contributed by atoms with van der Waals surface area (Å²) >= 11 is 0. The van der Waals surface area contributed by atoms with E-state index in [2.05, 4.69) is 10.8 Å². The van der Waals surface area contributed by atoms with Gasteiger partial charge in [0.05, 0.1) is 0 Å². The first-order valence-corrected chi connectivity index (χ1v) is 4.31. The number of aliphatic carboxylic acids is 1. The van der Waals surface area contributed by atoms with Crippen LogP contribution >= 0.6 is 0 Å². The quantitative estimate of drug-likeness (QED) is 0.489. The summed E-state index contributed by atoms with van der Waals surface area (Å²) in [5.41, 5.74) is 3.96. The molecule has 0 saturated heterocycles. The molecule has 0 amide bonds. The van der Waals surface area contributed by atoms with Crippen LogP contribution < -0.4 is 23.7 Å². The van der Waals surface area contributed by atoms with Gasteiger partial charge in [-0.1, -0.05) is 0 Å². The van der Waals surface area contributed by atoms with Crippen molar-refractivity contribution in [1.82, 2.24) is 9.78 Å². The van der Waals surface area contributed by atoms with Crippen molar-refractivity contribution < 1.29 is 28.0 Å². The number of aromatic amines is 1. The van der Waals surface area contributed by atoms with E-state index < -0.39 is 12.0 Å². The van der Waals surface area contributed by atoms with Gasteiger partial charge in [-0.3, -0.25) is 9.48 Å². The summed E-state index contributed by atoms with van der Waals surface area (Å²) < 4.78 is 1.36. The highest BCUT2D eigenvalue weighted by molar-refractivity contribution is 5.71. The fourth-order valence-corrected chi connectivity index (χ4v) is 1.14. The normalized spacial score (nSPS) is 11.9. The molecule has 0 saturated carbocycles. The van der Waals surface area contributed by atoms with Crippen molar-refractivity contribution >= 4 is 5.97 Å². The first-order valence-electron chi connectivity index (χ1n) is 4.31. The minimum atomic E-state index is -0.933. The zero-order valence-corrected chi connectivity index (χ0v) is 9.12. The van der Waals surface area contributed by atoms with Crippen LogP contribution in [-0.4, -0.2) is 26.9 Å². The van der Waals surface area contributed by atoms with Gasteiger partial charge in [-0.05, 0) is 6.42 Å². The predicted molar refractivity (Wildman–Crippen MR) is 48.7 cm³/mol. The van der Waals surface area contributed by atoms with Gasteiger partial charge < -0.3 is 28.3 Å². The standard InChI is InChI=1S/C8H13N3O3.ClH/c1-11-7(12)5(4-10-11)2-3-6(9)8(13)14;/h4,6,10H,2-3,9H2,1H3,(H,13,14);1H/t6-;/m0./s1. The second-order valence-electron chi connectivity index (χ2n) is 3.24. The number of nitrogens with zero attached hydrogens (tertiary/aromatic N) is 1. The fourth-order valence-electron chi connectivity index (χ4n) is 1.14. The Hall–Kier alpha value is -1.27. The van der Waals surface area contributed by atoms with Gasteiger partial charge in [0.15, 0.2) is 6.04 Å². The second-order valence-corrected chi connectivity index (χ2v) is 3.24. The topological polar surface area (TPSA) is 103 Å². The van der Waals surface area contributed by atoms with Crippen molar-refractivity contribution in [3.8, 4) is 0 Å². The molecule has 0 aromatic carbocycles. The van der Waals surface area contributed by atoms with E-state index in [0.717, 1.165) is 0 Å². The van der Waals surface area contributed by atoms with Crippen LogP contribution in [0.3, 0.4) is 0 Å². The molecule has 5 N–H and O–H groups in total. The van der Waals surface area contributed by atoms with E-state index in [0.29, 0.717) is 18.4 Å². The Morgan fingerprint density at radius 1 is 1.73 bits per heavy atom. The van der Waals surface area contributed by atoms with Crippen LogP contribution in [0.15, 0.2) is 11.0 Å². The lowest BCUT2D eigenvalue weighted by Crippen LogP contribution is -3.00. The maximum absolute atomic E-state index is 11.3. The number of carboxylic acids is 1. The molecule has 86 valence electrons. The molecular weight excluding hydrogens is 222 g/mol. The molecule has 0 fully saturated rings. The number of quaternary nitrogens is 1. The molecule has 0 spiro atoms. The van der Waals surface area contributed by atoms with Crippen molar-refractivity contribution in [1.29, 1.82) is 0 Å². The third kappa shape index (κ3) is 3.41. The van der Waals surface area contributed by atoms with Gasteiger partial charge >= 0.3 is 5.97 Å². The number of rotatable bonds is 4. The molecule has 0 unspecified atom stereocenters. The van der Waals surface area contributed by atoms with Crippen molar-refractivity contribution in [3.63, 3.8) is 0 Å². The Bertz CT molecular complexity index is 385. The van der Waals surface area contributed by atoms with Crippen molar-refractivity contribution in [2.75, 3.05) is 0 Å². The summed E-state index contributed by atoms with van der Waals surface area (Å²) in [6, 6.07) is -0.658. The minimum Gasteiger partial charge on any atom is -1.00 e. The molecule has 0 radical (unpaired) electrons. The van der Waals surface area contributed by atoms with Gasteiger partial charge in [0.1, 0.15) is 0 Å². The highest BCUT2D eigenvalue weighted by atomic mass is 35.5. The predicted octanol–water partition coefficient (Wildman–Crippen LogP) is -4.65. The summed E-state index contributed by atoms with van der Waals surface area (Å²) in [7, 11) is 1.62. The van der Waals surface area contributed by atoms with E-state index >= 15 is 0 Å². The fraction of sp³-hybridized carbons (Fsp3) is 0.500. The van der Waals surface area contributed by atoms with E-state index in [9.17, 15) is 9.59 Å². The number of hydrogen-bond donors (Lipinski definition) is 3. The lowest BCUT2D eigenvalue weighted by molar-refractivity contribution is -0.408. The first-order chi connectivity index (χ1) is 6.52. The summed E-state index contributed by atoms with van der Waals surface area (Å²) in [6.07, 6.45) is 2.41. The molecule has 1 aromatic heterocycles. The lowest BCUT2D eigenvalue weighted by atomic mass is 10.1. The molecular formula is C8H14ClN3O3. The molecule has 0 aliphatic heterocycles. The highest BCUT2D eigenvalue weighted by Gasteiger charge is 2.16. The van der Waals surface area contributed by atoms with Crippen LogP contribution in [0.4, 0.5) is 0 Å². The number of hydrogen-bond acceptors (Lipinski definition) is 2. The Morgan fingerprint density at radius 3 is 2.73 bits per heavy atom. The Kier molecular flexibility index (Phi) is 5.10. The van der Waals surface area contributed by atoms with Crippen LogP contribution in [0.5, 0.6) is 0 Å². The summed E-state index contributed by atoms with van der Waals surface area (Å²) in [5, 5.41) is 11.3. The molecule has 0 bridgehead atoms. The highest BCUT2D eigenvalue weighted by Crippen LogP contribution is 1.97. The van der Waals surface area contributed by atoms with E-state index in [-0.39, 0.29) is 18.0 Å². The van der Waals surface area contributed by atoms with E-state index in [1.54, 1.807) is 13.2 Å². The van der Waals surface area contributed by atoms with E-state index in [1.807, 2.05) is 0 Å². The molecule has 6 nitrogen and oxygen atoms in total. The second kappa shape index (κ2) is 5.57. The van der Waals surface area contributed by atoms with Gasteiger partial charge in [0.25, 0.3) is 5.56 Å². The third-order valence-electron chi connectivity index (χ3n) is 2.12. The molecule has 1 aromatic rings. The molecule has 1 heterocycles. The number of halogens is 1. The van der Waals surface area contributed by atoms with E-state index in [1.165, 1.54) is 4.68 Å². The number of carboxylic acid groups (broad SMARTS) is 1. The number of H-pyrrole nitrogens is 1. The molecule has 7 heteroatoms. The maximum Gasteiger partial charge on any atom is 0.362 e. The van der Waals surface area contributed by atoms with Crippen LogP contribution in [-0.2, 0) is 18.3 Å². The van der Waals surface area contributed by atoms with Crippen molar-refractivity contribution in [2.45, 2.75) is 18.9 Å². The number of aryl methyl sites for hydroxylation is 2. The summed E-state index contributed by atoms with van der Waals surface area (Å²) in [6.45, 7) is 0. The summed E-state index contributed by atoms with van der Waals surface area (Å²) in [5.74, 6) is -0.933. The maximum atomic E-state index is 11.3. The van der Waals surface area contributed by atoms with Gasteiger partial charge in [-0.2, -0.15) is 0 Å². The number of carbonyl (C=O) groups is 1. The molecule has 0 aliphatic carbocycles. The molecule has 15 heavy (non-hydrogen) atoms. The molecule has 0 aliphatic rings. The number of nitrogens with one attached hydrogen (secondary N) is 1. The van der Waals surface area contributed by atoms with E-state index in [4.69, 9.17) is 5.11 Å². The Labute approximate surface area is 92.5 Å². The average Bonchev–Trinajstić information content (AvgIpc) is 2.44. The zero-order chi connectivity index (χ0) is 10.7. The third-order valence-corrected chi connectivity index (χ3v) is 2.12. The van der Waals surface area contributed by atoms with Gasteiger partial charge in [-0.25, -0.2) is 4.79 Å². The van der Waals surface area contributed by atoms with Crippen molar-refractivity contribution in [3.05, 3.63) is 22.1 Å². The summed E-state index contributed by atoms with van der Waals surface area (Å²) in [4.78, 5) is 21.8. The van der Waals surface area contributed by atoms with Crippen molar-refractivity contribution in [2.24, 2.45) is 7.05 Å². The first kappa shape index (κ1) is 13.7. The minimum absolute atomic E-state index is 0. The zero-order valence-electron chi connectivity index (χ0n) is 8.36. The van der Waals surface area contributed by atoms with Gasteiger partial charge in [0.2, 0.25) is 0 Å². The largest absolute Gasteiger partial charge is 1.00 e. The number of aromatic nitrogens is 2. The van der Waals surface area contributed by atoms with Crippen LogP contribution in [0.2, 0.25) is 0 Å². The van der Waals surface area contributed by atoms with Crippen LogP contribution in [0.25, 0.3) is 0 Å². The van der Waals surface area contributed by atoms with Crippen LogP contribution in [0.1, 0.15) is 12.0 Å². The average molecular weight is 236 g/mol. The van der Waals surface area contributed by atoms with Crippen LogP contribution in [0, 0.1) is 0 Å². The molecule has 1 atom stereocenters. The molecule has 1 rings (SSSR count).